The third kappa shape index (κ3) is 4.27. The van der Waals surface area contributed by atoms with Gasteiger partial charge in [0, 0.05) is 12.6 Å². The van der Waals surface area contributed by atoms with Crippen molar-refractivity contribution in [3.05, 3.63) is 36.1 Å². The van der Waals surface area contributed by atoms with Gasteiger partial charge in [-0.2, -0.15) is 0 Å². The number of para-hydroxylation sites is 2. The predicted octanol–water partition coefficient (Wildman–Crippen LogP) is 4.50. The van der Waals surface area contributed by atoms with Crippen LogP contribution in [-0.2, 0) is 11.3 Å². The molecule has 0 bridgehead atoms. The van der Waals surface area contributed by atoms with Crippen molar-refractivity contribution in [1.82, 2.24) is 14.7 Å². The quantitative estimate of drug-likeness (QED) is 0.618. The van der Waals surface area contributed by atoms with Crippen LogP contribution in [0.1, 0.15) is 33.0 Å². The van der Waals surface area contributed by atoms with Crippen molar-refractivity contribution < 1.29 is 9.32 Å². The lowest BCUT2D eigenvalue weighted by Crippen LogP contribution is -2.23. The zero-order valence-electron chi connectivity index (χ0n) is 15.5. The lowest BCUT2D eigenvalue weighted by Gasteiger charge is -2.13. The molecule has 2 heterocycles. The van der Waals surface area contributed by atoms with Gasteiger partial charge in [0.2, 0.25) is 5.91 Å². The Morgan fingerprint density at radius 1 is 1.31 bits per heavy atom. The average molecular weight is 372 g/mol. The van der Waals surface area contributed by atoms with E-state index >= 15 is 0 Å². The molecule has 3 aromatic rings. The molecule has 1 atom stereocenters. The minimum atomic E-state index is -0.304. The molecule has 1 amide bonds. The van der Waals surface area contributed by atoms with E-state index in [0.29, 0.717) is 17.5 Å². The number of amides is 1. The molecule has 1 N–H and O–H groups in total. The molecule has 0 aliphatic heterocycles. The van der Waals surface area contributed by atoms with E-state index in [-0.39, 0.29) is 11.2 Å². The maximum Gasteiger partial charge on any atom is 0.238 e. The molecule has 0 spiro atoms. The summed E-state index contributed by atoms with van der Waals surface area (Å²) in [7, 11) is 0. The molecule has 26 heavy (non-hydrogen) atoms. The van der Waals surface area contributed by atoms with Gasteiger partial charge in [0.05, 0.1) is 16.3 Å². The summed E-state index contributed by atoms with van der Waals surface area (Å²) in [4.78, 5) is 17.2. The Kier molecular flexibility index (Phi) is 5.66. The minimum absolute atomic E-state index is 0.120. The topological polar surface area (TPSA) is 73.0 Å². The van der Waals surface area contributed by atoms with Crippen LogP contribution in [0.2, 0.25) is 0 Å². The van der Waals surface area contributed by atoms with Gasteiger partial charge in [-0.15, -0.1) is 0 Å². The van der Waals surface area contributed by atoms with Gasteiger partial charge in [0.15, 0.2) is 11.0 Å². The number of fused-ring (bicyclic) bond motifs is 1. The standard InChI is InChI=1S/C19H24N4O2S/c1-12(2)9-10-23-16-8-6-5-7-15(16)20-19(23)26-14(4)18(24)21-17-11-13(3)25-22-17/h5-8,11-12,14H,9-10H2,1-4H3,(H,21,22,24)/t14-/m1/s1. The van der Waals surface area contributed by atoms with Gasteiger partial charge in [-0.25, -0.2) is 4.98 Å². The first-order chi connectivity index (χ1) is 12.4. The highest BCUT2D eigenvalue weighted by molar-refractivity contribution is 8.00. The molecule has 0 aliphatic rings. The molecule has 1 aromatic carbocycles. The number of benzene rings is 1. The number of anilines is 1. The monoisotopic (exact) mass is 372 g/mol. The second-order valence-electron chi connectivity index (χ2n) is 6.79. The van der Waals surface area contributed by atoms with Gasteiger partial charge in [0.1, 0.15) is 5.76 Å². The van der Waals surface area contributed by atoms with Gasteiger partial charge >= 0.3 is 0 Å². The zero-order valence-corrected chi connectivity index (χ0v) is 16.3. The fraction of sp³-hybridized carbons (Fsp3) is 0.421. The van der Waals surface area contributed by atoms with Gasteiger partial charge < -0.3 is 14.4 Å². The lowest BCUT2D eigenvalue weighted by atomic mass is 10.1. The number of nitrogens with zero attached hydrogens (tertiary/aromatic N) is 3. The largest absolute Gasteiger partial charge is 0.360 e. The molecule has 3 rings (SSSR count). The molecule has 7 heteroatoms. The number of thioether (sulfide) groups is 1. The highest BCUT2D eigenvalue weighted by atomic mass is 32.2. The number of aryl methyl sites for hydroxylation is 2. The average Bonchev–Trinajstić information content (AvgIpc) is 3.15. The molecule has 0 radical (unpaired) electrons. The summed E-state index contributed by atoms with van der Waals surface area (Å²) in [5, 5.41) is 7.16. The maximum absolute atomic E-state index is 12.5. The number of nitrogens with one attached hydrogen (secondary N) is 1. The summed E-state index contributed by atoms with van der Waals surface area (Å²) in [6.07, 6.45) is 1.06. The van der Waals surface area contributed by atoms with Gasteiger partial charge in [-0.3, -0.25) is 4.79 Å². The Morgan fingerprint density at radius 2 is 2.08 bits per heavy atom. The van der Waals surface area contributed by atoms with Crippen LogP contribution >= 0.6 is 11.8 Å². The van der Waals surface area contributed by atoms with Crippen molar-refractivity contribution in [2.75, 3.05) is 5.32 Å². The third-order valence-electron chi connectivity index (χ3n) is 4.08. The number of hydrogen-bond donors (Lipinski definition) is 1. The van der Waals surface area contributed by atoms with Crippen LogP contribution in [0.4, 0.5) is 5.82 Å². The van der Waals surface area contributed by atoms with Crippen molar-refractivity contribution in [2.45, 2.75) is 51.1 Å². The van der Waals surface area contributed by atoms with E-state index < -0.39 is 0 Å². The first-order valence-electron chi connectivity index (χ1n) is 8.80. The molecule has 0 aliphatic carbocycles. The van der Waals surface area contributed by atoms with E-state index in [1.54, 1.807) is 13.0 Å². The van der Waals surface area contributed by atoms with Crippen LogP contribution in [-0.4, -0.2) is 25.9 Å². The number of carbonyl (C=O) groups excluding carboxylic acids is 1. The van der Waals surface area contributed by atoms with Crippen LogP contribution in [0.25, 0.3) is 11.0 Å². The molecule has 0 unspecified atom stereocenters. The number of aromatic nitrogens is 3. The first-order valence-corrected chi connectivity index (χ1v) is 9.68. The second-order valence-corrected chi connectivity index (χ2v) is 8.10. The summed E-state index contributed by atoms with van der Waals surface area (Å²) < 4.78 is 7.20. The Labute approximate surface area is 157 Å². The van der Waals surface area contributed by atoms with E-state index in [1.807, 2.05) is 25.1 Å². The van der Waals surface area contributed by atoms with Gasteiger partial charge in [0.25, 0.3) is 0 Å². The second kappa shape index (κ2) is 7.95. The number of carbonyl (C=O) groups is 1. The number of hydrogen-bond acceptors (Lipinski definition) is 5. The van der Waals surface area contributed by atoms with E-state index in [4.69, 9.17) is 9.51 Å². The molecule has 138 valence electrons. The van der Waals surface area contributed by atoms with Gasteiger partial charge in [-0.1, -0.05) is 42.9 Å². The van der Waals surface area contributed by atoms with Crippen molar-refractivity contribution in [3.8, 4) is 0 Å². The van der Waals surface area contributed by atoms with Crippen LogP contribution in [0, 0.1) is 12.8 Å². The van der Waals surface area contributed by atoms with Crippen LogP contribution in [0.15, 0.2) is 40.0 Å². The number of rotatable bonds is 7. The molecule has 0 saturated heterocycles. The highest BCUT2D eigenvalue weighted by Crippen LogP contribution is 2.28. The summed E-state index contributed by atoms with van der Waals surface area (Å²) >= 11 is 1.46. The maximum atomic E-state index is 12.5. The van der Waals surface area contributed by atoms with Gasteiger partial charge in [-0.05, 0) is 38.3 Å². The van der Waals surface area contributed by atoms with Crippen molar-refractivity contribution in [3.63, 3.8) is 0 Å². The molecular weight excluding hydrogens is 348 g/mol. The minimum Gasteiger partial charge on any atom is -0.360 e. The molecule has 0 saturated carbocycles. The Balaban J connectivity index is 1.78. The normalized spacial score (nSPS) is 12.7. The van der Waals surface area contributed by atoms with E-state index in [0.717, 1.165) is 29.2 Å². The van der Waals surface area contributed by atoms with E-state index in [1.165, 1.54) is 11.8 Å². The SMILES string of the molecule is Cc1cc(NC(=O)[C@@H](C)Sc2nc3ccccc3n2CCC(C)C)no1. The smallest absolute Gasteiger partial charge is 0.238 e. The summed E-state index contributed by atoms with van der Waals surface area (Å²) in [5.41, 5.74) is 2.06. The fourth-order valence-corrected chi connectivity index (χ4v) is 3.56. The summed E-state index contributed by atoms with van der Waals surface area (Å²) in [6, 6.07) is 9.80. The summed E-state index contributed by atoms with van der Waals surface area (Å²) in [5.74, 6) is 1.58. The van der Waals surface area contributed by atoms with Crippen molar-refractivity contribution in [1.29, 1.82) is 0 Å². The predicted molar refractivity (Wildman–Crippen MR) is 104 cm³/mol. The summed E-state index contributed by atoms with van der Waals surface area (Å²) in [6.45, 7) is 8.97. The van der Waals surface area contributed by atoms with Crippen molar-refractivity contribution >= 4 is 34.5 Å². The van der Waals surface area contributed by atoms with Crippen molar-refractivity contribution in [2.24, 2.45) is 5.92 Å². The fourth-order valence-electron chi connectivity index (χ4n) is 2.61. The lowest BCUT2D eigenvalue weighted by molar-refractivity contribution is -0.115. The zero-order chi connectivity index (χ0) is 18.7. The molecule has 6 nitrogen and oxygen atoms in total. The highest BCUT2D eigenvalue weighted by Gasteiger charge is 2.20. The Hall–Kier alpha value is -2.28. The van der Waals surface area contributed by atoms with Crippen LogP contribution in [0.3, 0.4) is 0 Å². The van der Waals surface area contributed by atoms with Crippen LogP contribution in [0.5, 0.6) is 0 Å². The Morgan fingerprint density at radius 3 is 2.77 bits per heavy atom. The molecule has 0 fully saturated rings. The van der Waals surface area contributed by atoms with E-state index in [9.17, 15) is 4.79 Å². The Bertz CT molecular complexity index is 900. The molecular formula is C19H24N4O2S. The first kappa shape index (κ1) is 18.5. The molecule has 2 aromatic heterocycles. The van der Waals surface area contributed by atoms with Crippen LogP contribution < -0.4 is 5.32 Å². The van der Waals surface area contributed by atoms with E-state index in [2.05, 4.69) is 35.0 Å². The number of imidazole rings is 1. The third-order valence-corrected chi connectivity index (χ3v) is 5.17.